The van der Waals surface area contributed by atoms with Crippen LogP contribution in [0.1, 0.15) is 0 Å². The Bertz CT molecular complexity index is 905. The molecule has 3 rings (SSSR count). The van der Waals surface area contributed by atoms with Crippen LogP contribution >= 0.6 is 15.9 Å². The molecule has 3 aromatic rings. The second-order valence-corrected chi connectivity index (χ2v) is 6.08. The summed E-state index contributed by atoms with van der Waals surface area (Å²) in [5, 5.41) is 1.24. The Hall–Kier alpha value is -2.18. The first kappa shape index (κ1) is 17.6. The minimum Gasteiger partial charge on any atom is -0.491 e. The highest BCUT2D eigenvalue weighted by Crippen LogP contribution is 2.25. The fraction of sp³-hybridized carbons (Fsp3) is 0.211. The van der Waals surface area contributed by atoms with Gasteiger partial charge in [0.2, 0.25) is 0 Å². The molecule has 1 aromatic heterocycles. The number of hydrogen-bond acceptors (Lipinski definition) is 4. The van der Waals surface area contributed by atoms with E-state index in [-0.39, 0.29) is 11.2 Å². The highest BCUT2D eigenvalue weighted by atomic mass is 79.9. The van der Waals surface area contributed by atoms with Crippen molar-refractivity contribution in [2.45, 2.75) is 0 Å². The van der Waals surface area contributed by atoms with Crippen molar-refractivity contribution in [2.24, 2.45) is 0 Å². The summed E-state index contributed by atoms with van der Waals surface area (Å²) in [6, 6.07) is 12.3. The molecule has 6 heteroatoms. The fourth-order valence-electron chi connectivity index (χ4n) is 2.36. The van der Waals surface area contributed by atoms with Crippen molar-refractivity contribution >= 4 is 26.9 Å². The van der Waals surface area contributed by atoms with Crippen LogP contribution in [-0.4, -0.2) is 25.2 Å². The van der Waals surface area contributed by atoms with Gasteiger partial charge >= 0.3 is 0 Å². The molecule has 1 heterocycles. The number of fused-ring (bicyclic) bond motifs is 1. The molecule has 0 saturated carbocycles. The maximum atomic E-state index is 13.1. The van der Waals surface area contributed by atoms with Crippen LogP contribution < -0.4 is 10.2 Å². The third-order valence-corrected chi connectivity index (χ3v) is 3.87. The molecule has 0 bridgehead atoms. The zero-order valence-electron chi connectivity index (χ0n) is 13.3. The summed E-state index contributed by atoms with van der Waals surface area (Å²) in [6.45, 7) is 1.50. The van der Waals surface area contributed by atoms with Crippen molar-refractivity contribution in [1.82, 2.24) is 0 Å². The van der Waals surface area contributed by atoms with Crippen molar-refractivity contribution in [3.05, 3.63) is 64.6 Å². The lowest BCUT2D eigenvalue weighted by molar-refractivity contribution is 0.112. The zero-order valence-corrected chi connectivity index (χ0v) is 14.9. The SMILES string of the molecule is O=c1cc(-c2ccc(F)cc2)oc2cc(OCCOCCBr)ccc12. The van der Waals surface area contributed by atoms with Crippen molar-refractivity contribution in [2.75, 3.05) is 25.2 Å². The van der Waals surface area contributed by atoms with Crippen molar-refractivity contribution in [1.29, 1.82) is 0 Å². The second kappa shape index (κ2) is 8.27. The van der Waals surface area contributed by atoms with E-state index in [4.69, 9.17) is 13.9 Å². The van der Waals surface area contributed by atoms with E-state index in [1.165, 1.54) is 18.2 Å². The van der Waals surface area contributed by atoms with E-state index >= 15 is 0 Å². The largest absolute Gasteiger partial charge is 0.491 e. The van der Waals surface area contributed by atoms with Gasteiger partial charge in [-0.3, -0.25) is 4.79 Å². The third-order valence-electron chi connectivity index (χ3n) is 3.55. The lowest BCUT2D eigenvalue weighted by Crippen LogP contribution is -2.08. The van der Waals surface area contributed by atoms with Gasteiger partial charge in [-0.1, -0.05) is 15.9 Å². The lowest BCUT2D eigenvalue weighted by Gasteiger charge is -2.08. The summed E-state index contributed by atoms with van der Waals surface area (Å²) in [4.78, 5) is 12.3. The number of rotatable bonds is 7. The lowest BCUT2D eigenvalue weighted by atomic mass is 10.1. The summed E-state index contributed by atoms with van der Waals surface area (Å²) in [5.41, 5.74) is 0.897. The van der Waals surface area contributed by atoms with E-state index in [2.05, 4.69) is 15.9 Å². The molecule has 130 valence electrons. The van der Waals surface area contributed by atoms with Gasteiger partial charge in [-0.2, -0.15) is 0 Å². The average Bonchev–Trinajstić information content (AvgIpc) is 2.62. The van der Waals surface area contributed by atoms with E-state index in [0.717, 1.165) is 5.33 Å². The van der Waals surface area contributed by atoms with E-state index in [0.29, 0.717) is 47.9 Å². The molecule has 0 unspecified atom stereocenters. The Morgan fingerprint density at radius 3 is 2.56 bits per heavy atom. The first-order valence-corrected chi connectivity index (χ1v) is 8.90. The van der Waals surface area contributed by atoms with Gasteiger partial charge in [-0.25, -0.2) is 4.39 Å². The molecule has 0 saturated heterocycles. The summed E-state index contributed by atoms with van der Waals surface area (Å²) < 4.78 is 29.8. The molecular weight excluding hydrogens is 391 g/mol. The quantitative estimate of drug-likeness (QED) is 0.431. The number of alkyl halides is 1. The first-order valence-electron chi connectivity index (χ1n) is 7.78. The van der Waals surface area contributed by atoms with Crippen LogP contribution in [0.15, 0.2) is 57.7 Å². The van der Waals surface area contributed by atoms with Gasteiger partial charge in [0.05, 0.1) is 18.6 Å². The van der Waals surface area contributed by atoms with E-state index in [9.17, 15) is 9.18 Å². The molecular formula is C19H16BrFO4. The van der Waals surface area contributed by atoms with Crippen LogP contribution in [0.4, 0.5) is 4.39 Å². The van der Waals surface area contributed by atoms with Crippen LogP contribution in [0.25, 0.3) is 22.3 Å². The maximum absolute atomic E-state index is 13.1. The van der Waals surface area contributed by atoms with Crippen molar-refractivity contribution in [3.8, 4) is 17.1 Å². The van der Waals surface area contributed by atoms with Gasteiger partial charge in [-0.15, -0.1) is 0 Å². The molecule has 0 amide bonds. The molecule has 0 aliphatic rings. The van der Waals surface area contributed by atoms with Gasteiger partial charge in [-0.05, 0) is 36.4 Å². The molecule has 0 radical (unpaired) electrons. The van der Waals surface area contributed by atoms with Gasteiger partial charge < -0.3 is 13.9 Å². The summed E-state index contributed by atoms with van der Waals surface area (Å²) in [7, 11) is 0. The Morgan fingerprint density at radius 1 is 1.00 bits per heavy atom. The highest BCUT2D eigenvalue weighted by Gasteiger charge is 2.08. The number of ether oxygens (including phenoxy) is 2. The van der Waals surface area contributed by atoms with Crippen LogP contribution in [0.2, 0.25) is 0 Å². The normalized spacial score (nSPS) is 11.0. The van der Waals surface area contributed by atoms with Crippen molar-refractivity contribution in [3.63, 3.8) is 0 Å². The average molecular weight is 407 g/mol. The Balaban J connectivity index is 1.84. The molecule has 0 fully saturated rings. The van der Waals surface area contributed by atoms with Gasteiger partial charge in [0.25, 0.3) is 0 Å². The molecule has 2 aromatic carbocycles. The van der Waals surface area contributed by atoms with Crippen LogP contribution in [0.5, 0.6) is 5.75 Å². The molecule has 4 nitrogen and oxygen atoms in total. The molecule has 25 heavy (non-hydrogen) atoms. The van der Waals surface area contributed by atoms with Crippen LogP contribution in [0, 0.1) is 5.82 Å². The molecule has 0 N–H and O–H groups in total. The van der Waals surface area contributed by atoms with Crippen molar-refractivity contribution < 1.29 is 18.3 Å². The Morgan fingerprint density at radius 2 is 1.80 bits per heavy atom. The topological polar surface area (TPSA) is 48.7 Å². The van der Waals surface area contributed by atoms with Gasteiger partial charge in [0, 0.05) is 23.0 Å². The summed E-state index contributed by atoms with van der Waals surface area (Å²) in [5.74, 6) is 0.634. The standard InChI is InChI=1S/C19H16BrFO4/c20-7-8-23-9-10-24-15-5-6-16-17(22)12-18(25-19(16)11-15)13-1-3-14(21)4-2-13/h1-6,11-12H,7-10H2. The third kappa shape index (κ3) is 4.46. The Labute approximate surface area is 152 Å². The smallest absolute Gasteiger partial charge is 0.193 e. The predicted octanol–water partition coefficient (Wildman–Crippen LogP) is 4.39. The molecule has 0 aliphatic heterocycles. The monoisotopic (exact) mass is 406 g/mol. The van der Waals surface area contributed by atoms with Gasteiger partial charge in [0.15, 0.2) is 5.43 Å². The summed E-state index contributed by atoms with van der Waals surface area (Å²) >= 11 is 3.28. The maximum Gasteiger partial charge on any atom is 0.193 e. The number of halogens is 2. The summed E-state index contributed by atoms with van der Waals surface area (Å²) in [6.07, 6.45) is 0. The van der Waals surface area contributed by atoms with E-state index in [1.807, 2.05) is 0 Å². The molecule has 0 aliphatic carbocycles. The number of hydrogen-bond donors (Lipinski definition) is 0. The molecule has 0 spiro atoms. The Kier molecular flexibility index (Phi) is 5.83. The first-order chi connectivity index (χ1) is 12.2. The number of benzene rings is 2. The minimum absolute atomic E-state index is 0.159. The van der Waals surface area contributed by atoms with Crippen LogP contribution in [-0.2, 0) is 4.74 Å². The minimum atomic E-state index is -0.343. The fourth-order valence-corrected chi connectivity index (χ4v) is 2.59. The highest BCUT2D eigenvalue weighted by molar-refractivity contribution is 9.09. The second-order valence-electron chi connectivity index (χ2n) is 5.29. The van der Waals surface area contributed by atoms with E-state index < -0.39 is 0 Å². The van der Waals surface area contributed by atoms with Gasteiger partial charge in [0.1, 0.15) is 29.5 Å². The zero-order chi connectivity index (χ0) is 17.6. The predicted molar refractivity (Wildman–Crippen MR) is 98.0 cm³/mol. The van der Waals surface area contributed by atoms with E-state index in [1.54, 1.807) is 30.3 Å². The van der Waals surface area contributed by atoms with Crippen LogP contribution in [0.3, 0.4) is 0 Å². The molecule has 0 atom stereocenters.